The summed E-state index contributed by atoms with van der Waals surface area (Å²) in [5.74, 6) is 0.267. The number of carbonyl (C=O) groups excluding carboxylic acids is 2. The van der Waals surface area contributed by atoms with Crippen molar-refractivity contribution in [3.05, 3.63) is 12.7 Å². The van der Waals surface area contributed by atoms with E-state index >= 15 is 0 Å². The SMILES string of the molecule is C=C[C@]1(C)CC[C@@H]2[C@]3(C)CCC[C@](C)(COC(C)=O)[C@@H]3C(=O)C[C@]2(C)O1. The van der Waals surface area contributed by atoms with Crippen LogP contribution in [0.3, 0.4) is 0 Å². The topological polar surface area (TPSA) is 52.6 Å². The molecule has 0 aromatic rings. The van der Waals surface area contributed by atoms with Gasteiger partial charge in [-0.2, -0.15) is 0 Å². The molecule has 2 aliphatic carbocycles. The van der Waals surface area contributed by atoms with Crippen LogP contribution in [0.15, 0.2) is 12.7 Å². The molecule has 6 atom stereocenters. The van der Waals surface area contributed by atoms with Gasteiger partial charge in [0.05, 0.1) is 17.8 Å². The highest BCUT2D eigenvalue weighted by Gasteiger charge is 2.65. The van der Waals surface area contributed by atoms with Crippen LogP contribution in [0.5, 0.6) is 0 Å². The molecular weight excluding hydrogens is 328 g/mol. The van der Waals surface area contributed by atoms with Crippen LogP contribution in [-0.4, -0.2) is 29.6 Å². The highest BCUT2D eigenvalue weighted by atomic mass is 16.5. The van der Waals surface area contributed by atoms with Crippen LogP contribution in [0.25, 0.3) is 0 Å². The molecule has 4 nitrogen and oxygen atoms in total. The minimum atomic E-state index is -0.441. The van der Waals surface area contributed by atoms with Gasteiger partial charge in [-0.3, -0.25) is 9.59 Å². The van der Waals surface area contributed by atoms with E-state index in [4.69, 9.17) is 9.47 Å². The van der Waals surface area contributed by atoms with Crippen LogP contribution in [0.2, 0.25) is 0 Å². The van der Waals surface area contributed by atoms with Gasteiger partial charge in [0.25, 0.3) is 0 Å². The molecule has 3 aliphatic rings. The number of esters is 1. The Kier molecular flexibility index (Phi) is 4.66. The van der Waals surface area contributed by atoms with Crippen molar-refractivity contribution in [3.8, 4) is 0 Å². The third-order valence-corrected chi connectivity index (χ3v) is 7.63. The standard InChI is InChI=1S/C22H34O4/c1-7-20(4)12-9-17-21(5)11-8-10-19(3,14-25-15(2)23)18(21)16(24)13-22(17,6)26-20/h7,17-18H,1,8-14H2,2-6H3/t17-,18+,19-,20-,21+,22+/m1/s1. The minimum absolute atomic E-state index is 0.0714. The maximum atomic E-state index is 13.4. The molecule has 26 heavy (non-hydrogen) atoms. The fraction of sp³-hybridized carbons (Fsp3) is 0.818. The number of fused-ring (bicyclic) bond motifs is 3. The van der Waals surface area contributed by atoms with Crippen molar-refractivity contribution < 1.29 is 19.1 Å². The van der Waals surface area contributed by atoms with E-state index in [9.17, 15) is 9.59 Å². The predicted molar refractivity (Wildman–Crippen MR) is 101 cm³/mol. The molecule has 4 heteroatoms. The van der Waals surface area contributed by atoms with Gasteiger partial charge in [0.15, 0.2) is 0 Å². The van der Waals surface area contributed by atoms with Crippen molar-refractivity contribution in [3.63, 3.8) is 0 Å². The zero-order valence-corrected chi connectivity index (χ0v) is 17.0. The maximum absolute atomic E-state index is 13.4. The van der Waals surface area contributed by atoms with Crippen molar-refractivity contribution in [2.45, 2.75) is 84.3 Å². The first kappa shape index (κ1) is 19.6. The van der Waals surface area contributed by atoms with Gasteiger partial charge in [0.2, 0.25) is 0 Å². The van der Waals surface area contributed by atoms with Crippen molar-refractivity contribution >= 4 is 11.8 Å². The molecule has 146 valence electrons. The molecule has 1 aliphatic heterocycles. The fourth-order valence-corrected chi connectivity index (χ4v) is 6.68. The first-order chi connectivity index (χ1) is 12.0. The zero-order valence-electron chi connectivity index (χ0n) is 17.0. The molecule has 2 saturated carbocycles. The number of Topliss-reactive ketones (excluding diaryl/α,β-unsaturated/α-hetero) is 1. The normalized spacial score (nSPS) is 48.3. The monoisotopic (exact) mass is 362 g/mol. The first-order valence-electron chi connectivity index (χ1n) is 9.98. The van der Waals surface area contributed by atoms with Crippen molar-refractivity contribution in [2.24, 2.45) is 22.7 Å². The van der Waals surface area contributed by atoms with Crippen LogP contribution in [0.1, 0.15) is 73.1 Å². The van der Waals surface area contributed by atoms with Gasteiger partial charge in [0.1, 0.15) is 5.78 Å². The quantitative estimate of drug-likeness (QED) is 0.549. The molecule has 3 fully saturated rings. The molecule has 0 bridgehead atoms. The second kappa shape index (κ2) is 6.19. The van der Waals surface area contributed by atoms with Crippen LogP contribution >= 0.6 is 0 Å². The Morgan fingerprint density at radius 2 is 1.96 bits per heavy atom. The molecule has 0 spiro atoms. The summed E-state index contributed by atoms with van der Waals surface area (Å²) in [5, 5.41) is 0. The molecule has 1 saturated heterocycles. The minimum Gasteiger partial charge on any atom is -0.465 e. The summed E-state index contributed by atoms with van der Waals surface area (Å²) in [7, 11) is 0. The maximum Gasteiger partial charge on any atom is 0.302 e. The van der Waals surface area contributed by atoms with Gasteiger partial charge in [0, 0.05) is 24.7 Å². The lowest BCUT2D eigenvalue weighted by Gasteiger charge is -2.64. The third-order valence-electron chi connectivity index (χ3n) is 7.63. The highest BCUT2D eigenvalue weighted by molar-refractivity contribution is 5.85. The average molecular weight is 363 g/mol. The number of hydrogen-bond acceptors (Lipinski definition) is 4. The van der Waals surface area contributed by atoms with Crippen molar-refractivity contribution in [2.75, 3.05) is 6.61 Å². The summed E-state index contributed by atoms with van der Waals surface area (Å²) >= 11 is 0. The van der Waals surface area contributed by atoms with Crippen LogP contribution in [0, 0.1) is 22.7 Å². The van der Waals surface area contributed by atoms with Gasteiger partial charge in [-0.05, 0) is 50.9 Å². The van der Waals surface area contributed by atoms with E-state index in [1.165, 1.54) is 6.92 Å². The van der Waals surface area contributed by atoms with E-state index < -0.39 is 5.60 Å². The molecule has 0 aromatic carbocycles. The number of ketones is 1. The molecule has 0 N–H and O–H groups in total. The van der Waals surface area contributed by atoms with E-state index in [0.29, 0.717) is 18.9 Å². The number of carbonyl (C=O) groups is 2. The van der Waals surface area contributed by atoms with Crippen molar-refractivity contribution in [1.29, 1.82) is 0 Å². The molecule has 3 rings (SSSR count). The summed E-state index contributed by atoms with van der Waals surface area (Å²) in [6.45, 7) is 14.3. The van der Waals surface area contributed by atoms with Gasteiger partial charge in [-0.1, -0.05) is 26.3 Å². The summed E-state index contributed by atoms with van der Waals surface area (Å²) in [5.41, 5.74) is -1.19. The van der Waals surface area contributed by atoms with Gasteiger partial charge < -0.3 is 9.47 Å². The van der Waals surface area contributed by atoms with E-state index in [1.54, 1.807) is 0 Å². The Morgan fingerprint density at radius 1 is 1.27 bits per heavy atom. The molecule has 0 unspecified atom stereocenters. The summed E-state index contributed by atoms with van der Waals surface area (Å²) in [6, 6.07) is 0. The smallest absolute Gasteiger partial charge is 0.302 e. The average Bonchev–Trinajstić information content (AvgIpc) is 2.51. The number of ether oxygens (including phenoxy) is 2. The Balaban J connectivity index is 1.96. The van der Waals surface area contributed by atoms with Crippen molar-refractivity contribution in [1.82, 2.24) is 0 Å². The zero-order chi connectivity index (χ0) is 19.4. The second-order valence-electron chi connectivity index (χ2n) is 9.89. The number of rotatable bonds is 3. The van der Waals surface area contributed by atoms with Crippen LogP contribution < -0.4 is 0 Å². The summed E-state index contributed by atoms with van der Waals surface area (Å²) in [6.07, 6.45) is 7.34. The molecule has 0 radical (unpaired) electrons. The largest absolute Gasteiger partial charge is 0.465 e. The van der Waals surface area contributed by atoms with Gasteiger partial charge >= 0.3 is 5.97 Å². The Hall–Kier alpha value is -1.16. The molecular formula is C22H34O4. The molecule has 0 amide bonds. The molecule has 0 aromatic heterocycles. The van der Waals surface area contributed by atoms with E-state index in [2.05, 4.69) is 34.3 Å². The Labute approximate surface area is 157 Å². The van der Waals surface area contributed by atoms with Gasteiger partial charge in [-0.25, -0.2) is 0 Å². The second-order valence-corrected chi connectivity index (χ2v) is 9.89. The summed E-state index contributed by atoms with van der Waals surface area (Å²) < 4.78 is 11.9. The lowest BCUT2D eigenvalue weighted by Crippen LogP contribution is -2.66. The highest BCUT2D eigenvalue weighted by Crippen LogP contribution is 2.64. The fourth-order valence-electron chi connectivity index (χ4n) is 6.68. The lowest BCUT2D eigenvalue weighted by atomic mass is 9.43. The Morgan fingerprint density at radius 3 is 2.58 bits per heavy atom. The molecule has 1 heterocycles. The van der Waals surface area contributed by atoms with Crippen LogP contribution in [-0.2, 0) is 19.1 Å². The van der Waals surface area contributed by atoms with E-state index in [1.807, 2.05) is 6.08 Å². The van der Waals surface area contributed by atoms with E-state index in [-0.39, 0.29) is 34.1 Å². The predicted octanol–water partition coefficient (Wildman–Crippen LogP) is 4.47. The van der Waals surface area contributed by atoms with Gasteiger partial charge in [-0.15, -0.1) is 6.58 Å². The number of hydrogen-bond donors (Lipinski definition) is 0. The third kappa shape index (κ3) is 2.94. The van der Waals surface area contributed by atoms with Crippen LogP contribution in [0.4, 0.5) is 0 Å². The lowest BCUT2D eigenvalue weighted by molar-refractivity contribution is -0.246. The van der Waals surface area contributed by atoms with E-state index in [0.717, 1.165) is 32.1 Å². The summed E-state index contributed by atoms with van der Waals surface area (Å²) in [4.78, 5) is 24.8. The first-order valence-corrected chi connectivity index (χ1v) is 9.98. The Bertz CT molecular complexity index is 628.